The second kappa shape index (κ2) is 6.83. The number of piperazine rings is 1. The molecule has 5 heteroatoms. The highest BCUT2D eigenvalue weighted by molar-refractivity contribution is 5.80. The van der Waals surface area contributed by atoms with Gasteiger partial charge in [-0.25, -0.2) is 0 Å². The van der Waals surface area contributed by atoms with E-state index in [1.807, 2.05) is 6.92 Å². The topological polar surface area (TPSA) is 61.6 Å². The molecule has 0 bridgehead atoms. The summed E-state index contributed by atoms with van der Waals surface area (Å²) in [4.78, 5) is 15.9. The highest BCUT2D eigenvalue weighted by Crippen LogP contribution is 2.02. The zero-order valence-electron chi connectivity index (χ0n) is 10.4. The van der Waals surface area contributed by atoms with E-state index in [0.29, 0.717) is 0 Å². The number of nitrogens with two attached hydrogens (primary N) is 1. The van der Waals surface area contributed by atoms with Gasteiger partial charge in [0, 0.05) is 32.7 Å². The van der Waals surface area contributed by atoms with Gasteiger partial charge in [-0.1, -0.05) is 13.8 Å². The molecule has 1 saturated heterocycles. The Kier molecular flexibility index (Phi) is 5.73. The molecule has 0 aliphatic carbocycles. The van der Waals surface area contributed by atoms with Crippen molar-refractivity contribution in [2.45, 2.75) is 19.9 Å². The number of primary amides is 1. The first-order valence-corrected chi connectivity index (χ1v) is 6.14. The predicted octanol–water partition coefficient (Wildman–Crippen LogP) is -0.913. The third-order valence-corrected chi connectivity index (χ3v) is 3.15. The molecule has 1 atom stereocenters. The molecule has 1 aliphatic heterocycles. The summed E-state index contributed by atoms with van der Waals surface area (Å²) in [6, 6.07) is -0.210. The Bertz CT molecular complexity index is 214. The maximum absolute atomic E-state index is 11.2. The maximum Gasteiger partial charge on any atom is 0.235 e. The van der Waals surface area contributed by atoms with Crippen molar-refractivity contribution in [1.29, 1.82) is 0 Å². The number of carbonyl (C=O) groups excluding carboxylic acids is 1. The van der Waals surface area contributed by atoms with E-state index in [2.05, 4.69) is 22.0 Å². The van der Waals surface area contributed by atoms with Crippen LogP contribution in [0.4, 0.5) is 0 Å². The second-order valence-corrected chi connectivity index (χ2v) is 4.25. The van der Waals surface area contributed by atoms with Crippen LogP contribution in [-0.4, -0.2) is 67.6 Å². The van der Waals surface area contributed by atoms with Crippen molar-refractivity contribution in [2.24, 2.45) is 5.73 Å². The number of carbonyl (C=O) groups is 1. The van der Waals surface area contributed by atoms with E-state index >= 15 is 0 Å². The minimum atomic E-state index is -0.250. The monoisotopic (exact) mass is 228 g/mol. The average Bonchev–Trinajstić information content (AvgIpc) is 2.29. The summed E-state index contributed by atoms with van der Waals surface area (Å²) >= 11 is 0. The van der Waals surface area contributed by atoms with Gasteiger partial charge in [0.1, 0.15) is 0 Å². The summed E-state index contributed by atoms with van der Waals surface area (Å²) in [5.41, 5.74) is 5.35. The van der Waals surface area contributed by atoms with Crippen molar-refractivity contribution in [2.75, 3.05) is 45.8 Å². The number of hydrogen-bond acceptors (Lipinski definition) is 4. The zero-order chi connectivity index (χ0) is 12.0. The van der Waals surface area contributed by atoms with Crippen molar-refractivity contribution in [3.05, 3.63) is 0 Å². The van der Waals surface area contributed by atoms with Crippen LogP contribution in [0, 0.1) is 0 Å². The van der Waals surface area contributed by atoms with E-state index in [1.54, 1.807) is 0 Å². The summed E-state index contributed by atoms with van der Waals surface area (Å²) in [6.45, 7) is 11.0. The van der Waals surface area contributed by atoms with Crippen molar-refractivity contribution in [3.63, 3.8) is 0 Å². The Morgan fingerprint density at radius 2 is 1.81 bits per heavy atom. The molecular weight excluding hydrogens is 204 g/mol. The number of rotatable bonds is 6. The molecule has 0 spiro atoms. The maximum atomic E-state index is 11.2. The van der Waals surface area contributed by atoms with Crippen LogP contribution in [0.5, 0.6) is 0 Å². The van der Waals surface area contributed by atoms with Gasteiger partial charge in [0.05, 0.1) is 6.04 Å². The molecule has 0 aromatic heterocycles. The van der Waals surface area contributed by atoms with Crippen molar-refractivity contribution >= 4 is 5.91 Å². The van der Waals surface area contributed by atoms with Gasteiger partial charge >= 0.3 is 0 Å². The Labute approximate surface area is 98.0 Å². The normalized spacial score (nSPS) is 20.9. The third-order valence-electron chi connectivity index (χ3n) is 3.15. The molecule has 1 aliphatic rings. The van der Waals surface area contributed by atoms with Crippen molar-refractivity contribution in [3.8, 4) is 0 Å². The Hall–Kier alpha value is -0.650. The average molecular weight is 228 g/mol. The highest BCUT2D eigenvalue weighted by Gasteiger charge is 2.21. The van der Waals surface area contributed by atoms with Crippen LogP contribution in [0.15, 0.2) is 0 Å². The lowest BCUT2D eigenvalue weighted by Gasteiger charge is -2.35. The number of likely N-dealkylation sites (N-methyl/N-ethyl adjacent to an activating group) is 2. The molecular formula is C11H24N4O. The summed E-state index contributed by atoms with van der Waals surface area (Å²) in [5.74, 6) is -0.250. The number of nitrogens with zero attached hydrogens (tertiary/aromatic N) is 2. The molecule has 1 fully saturated rings. The lowest BCUT2D eigenvalue weighted by Crippen LogP contribution is -2.54. The van der Waals surface area contributed by atoms with Crippen LogP contribution in [0.2, 0.25) is 0 Å². The standard InChI is InChI=1S/C11H24N4O/c1-3-13-10(11(12)16)9-15-7-5-14(4-2)6-8-15/h10,13H,3-9H2,1-2H3,(H2,12,16). The molecule has 1 unspecified atom stereocenters. The van der Waals surface area contributed by atoms with E-state index in [1.165, 1.54) is 0 Å². The minimum absolute atomic E-state index is 0.210. The van der Waals surface area contributed by atoms with Gasteiger partial charge in [-0.05, 0) is 13.1 Å². The van der Waals surface area contributed by atoms with Crippen molar-refractivity contribution < 1.29 is 4.79 Å². The Morgan fingerprint density at radius 3 is 2.25 bits per heavy atom. The van der Waals surface area contributed by atoms with Crippen LogP contribution in [0.25, 0.3) is 0 Å². The van der Waals surface area contributed by atoms with E-state index in [4.69, 9.17) is 5.73 Å². The van der Waals surface area contributed by atoms with Gasteiger partial charge < -0.3 is 16.0 Å². The third kappa shape index (κ3) is 4.08. The molecule has 5 nitrogen and oxygen atoms in total. The second-order valence-electron chi connectivity index (χ2n) is 4.25. The first-order valence-electron chi connectivity index (χ1n) is 6.14. The lowest BCUT2D eigenvalue weighted by molar-refractivity contribution is -0.120. The predicted molar refractivity (Wildman–Crippen MR) is 65.2 cm³/mol. The Balaban J connectivity index is 2.33. The van der Waals surface area contributed by atoms with E-state index in [9.17, 15) is 4.79 Å². The molecule has 0 saturated carbocycles. The summed E-state index contributed by atoms with van der Waals surface area (Å²) in [6.07, 6.45) is 0. The fourth-order valence-corrected chi connectivity index (χ4v) is 2.05. The van der Waals surface area contributed by atoms with E-state index < -0.39 is 0 Å². The number of hydrogen-bond donors (Lipinski definition) is 2. The van der Waals surface area contributed by atoms with Crippen molar-refractivity contribution in [1.82, 2.24) is 15.1 Å². The molecule has 1 heterocycles. The quantitative estimate of drug-likeness (QED) is 0.618. The Morgan fingerprint density at radius 1 is 1.25 bits per heavy atom. The van der Waals surface area contributed by atoms with Gasteiger partial charge in [0.15, 0.2) is 0 Å². The SMILES string of the molecule is CCNC(CN1CCN(CC)CC1)C(N)=O. The van der Waals surface area contributed by atoms with Crippen LogP contribution >= 0.6 is 0 Å². The summed E-state index contributed by atoms with van der Waals surface area (Å²) in [5, 5.41) is 3.12. The smallest absolute Gasteiger partial charge is 0.235 e. The fraction of sp³-hybridized carbons (Fsp3) is 0.909. The molecule has 94 valence electrons. The highest BCUT2D eigenvalue weighted by atomic mass is 16.1. The fourth-order valence-electron chi connectivity index (χ4n) is 2.05. The van der Waals surface area contributed by atoms with E-state index in [-0.39, 0.29) is 11.9 Å². The van der Waals surface area contributed by atoms with Gasteiger partial charge in [0.25, 0.3) is 0 Å². The first kappa shape index (κ1) is 13.4. The van der Waals surface area contributed by atoms with Crippen LogP contribution in [0.3, 0.4) is 0 Å². The van der Waals surface area contributed by atoms with Gasteiger partial charge in [-0.2, -0.15) is 0 Å². The van der Waals surface area contributed by atoms with Crippen LogP contribution < -0.4 is 11.1 Å². The molecule has 3 N–H and O–H groups in total. The number of nitrogens with one attached hydrogen (secondary N) is 1. The van der Waals surface area contributed by atoms with Gasteiger partial charge in [-0.15, -0.1) is 0 Å². The summed E-state index contributed by atoms with van der Waals surface area (Å²) < 4.78 is 0. The van der Waals surface area contributed by atoms with Crippen LogP contribution in [0.1, 0.15) is 13.8 Å². The molecule has 1 rings (SSSR count). The van der Waals surface area contributed by atoms with Gasteiger partial charge in [0.2, 0.25) is 5.91 Å². The largest absolute Gasteiger partial charge is 0.368 e. The number of amides is 1. The lowest BCUT2D eigenvalue weighted by atomic mass is 10.2. The van der Waals surface area contributed by atoms with E-state index in [0.717, 1.165) is 45.8 Å². The zero-order valence-corrected chi connectivity index (χ0v) is 10.4. The summed E-state index contributed by atoms with van der Waals surface area (Å²) in [7, 11) is 0. The van der Waals surface area contributed by atoms with Gasteiger partial charge in [-0.3, -0.25) is 9.69 Å². The molecule has 0 aromatic carbocycles. The minimum Gasteiger partial charge on any atom is -0.368 e. The first-order chi connectivity index (χ1) is 7.67. The molecule has 0 radical (unpaired) electrons. The molecule has 16 heavy (non-hydrogen) atoms. The molecule has 0 aromatic rings. The molecule has 1 amide bonds. The van der Waals surface area contributed by atoms with Crippen LogP contribution in [-0.2, 0) is 4.79 Å².